The molecule has 0 aromatic heterocycles. The zero-order valence-corrected chi connectivity index (χ0v) is 9.29. The predicted octanol–water partition coefficient (Wildman–Crippen LogP) is 1.00. The summed E-state index contributed by atoms with van der Waals surface area (Å²) in [5, 5.41) is 2.72. The molecule has 0 fully saturated rings. The van der Waals surface area contributed by atoms with E-state index in [1.165, 1.54) is 5.56 Å². The van der Waals surface area contributed by atoms with Gasteiger partial charge in [0.2, 0.25) is 5.91 Å². The third-order valence-electron chi connectivity index (χ3n) is 2.23. The highest BCUT2D eigenvalue weighted by molar-refractivity contribution is 5.81. The van der Waals surface area contributed by atoms with Crippen LogP contribution in [0.4, 0.5) is 0 Å². The lowest BCUT2D eigenvalue weighted by Gasteiger charge is -2.11. The van der Waals surface area contributed by atoms with Crippen molar-refractivity contribution in [2.75, 3.05) is 6.54 Å². The van der Waals surface area contributed by atoms with Crippen molar-refractivity contribution in [1.29, 1.82) is 0 Å². The van der Waals surface area contributed by atoms with E-state index in [9.17, 15) is 4.79 Å². The summed E-state index contributed by atoms with van der Waals surface area (Å²) in [6, 6.07) is 7.60. The van der Waals surface area contributed by atoms with Gasteiger partial charge in [-0.1, -0.05) is 29.8 Å². The van der Waals surface area contributed by atoms with Crippen LogP contribution in [0, 0.1) is 6.92 Å². The van der Waals surface area contributed by atoms with Crippen LogP contribution in [-0.4, -0.2) is 18.5 Å². The summed E-state index contributed by atoms with van der Waals surface area (Å²) in [6.07, 6.45) is 0.591. The first-order chi connectivity index (χ1) is 7.13. The van der Waals surface area contributed by atoms with E-state index >= 15 is 0 Å². The Kier molecular flexibility index (Phi) is 4.31. The SMILES string of the molecule is CCNC(=O)C(N)Cc1cccc(C)c1. The molecule has 15 heavy (non-hydrogen) atoms. The van der Waals surface area contributed by atoms with Crippen LogP contribution in [0.2, 0.25) is 0 Å². The lowest BCUT2D eigenvalue weighted by molar-refractivity contribution is -0.122. The van der Waals surface area contributed by atoms with Crippen LogP contribution in [0.3, 0.4) is 0 Å². The van der Waals surface area contributed by atoms with Crippen LogP contribution < -0.4 is 11.1 Å². The van der Waals surface area contributed by atoms with Crippen LogP contribution in [0.25, 0.3) is 0 Å². The number of nitrogens with two attached hydrogens (primary N) is 1. The number of rotatable bonds is 4. The minimum absolute atomic E-state index is 0.0843. The minimum Gasteiger partial charge on any atom is -0.355 e. The topological polar surface area (TPSA) is 55.1 Å². The maximum absolute atomic E-state index is 11.4. The maximum Gasteiger partial charge on any atom is 0.237 e. The second-order valence-electron chi connectivity index (χ2n) is 3.69. The summed E-state index contributed by atoms with van der Waals surface area (Å²) in [6.45, 7) is 4.54. The molecule has 0 aliphatic carbocycles. The second-order valence-corrected chi connectivity index (χ2v) is 3.69. The van der Waals surface area contributed by atoms with Crippen LogP contribution in [-0.2, 0) is 11.2 Å². The highest BCUT2D eigenvalue weighted by Crippen LogP contribution is 2.06. The van der Waals surface area contributed by atoms with Gasteiger partial charge in [-0.05, 0) is 25.8 Å². The number of benzene rings is 1. The number of hydrogen-bond acceptors (Lipinski definition) is 2. The van der Waals surface area contributed by atoms with Crippen molar-refractivity contribution in [3.05, 3.63) is 35.4 Å². The molecular weight excluding hydrogens is 188 g/mol. The number of carbonyl (C=O) groups is 1. The van der Waals surface area contributed by atoms with Crippen molar-refractivity contribution >= 4 is 5.91 Å². The first-order valence-electron chi connectivity index (χ1n) is 5.22. The van der Waals surface area contributed by atoms with Crippen LogP contribution >= 0.6 is 0 Å². The zero-order chi connectivity index (χ0) is 11.3. The molecule has 0 spiro atoms. The number of hydrogen-bond donors (Lipinski definition) is 2. The molecular formula is C12H18N2O. The monoisotopic (exact) mass is 206 g/mol. The molecule has 1 rings (SSSR count). The van der Waals surface area contributed by atoms with E-state index in [-0.39, 0.29) is 5.91 Å². The molecule has 0 saturated heterocycles. The molecule has 1 atom stereocenters. The molecule has 1 amide bonds. The number of likely N-dealkylation sites (N-methyl/N-ethyl adjacent to an activating group) is 1. The van der Waals surface area contributed by atoms with Crippen LogP contribution in [0.1, 0.15) is 18.1 Å². The second kappa shape index (κ2) is 5.51. The lowest BCUT2D eigenvalue weighted by atomic mass is 10.0. The summed E-state index contributed by atoms with van der Waals surface area (Å²) in [5.74, 6) is -0.0843. The van der Waals surface area contributed by atoms with Crippen molar-refractivity contribution in [3.8, 4) is 0 Å². The highest BCUT2D eigenvalue weighted by atomic mass is 16.2. The molecule has 3 heteroatoms. The van der Waals surface area contributed by atoms with E-state index in [0.29, 0.717) is 13.0 Å². The van der Waals surface area contributed by atoms with Gasteiger partial charge in [-0.15, -0.1) is 0 Å². The van der Waals surface area contributed by atoms with Gasteiger partial charge in [0.1, 0.15) is 0 Å². The first-order valence-corrected chi connectivity index (χ1v) is 5.22. The molecule has 0 heterocycles. The molecule has 0 aliphatic heterocycles. The quantitative estimate of drug-likeness (QED) is 0.772. The molecule has 0 radical (unpaired) electrons. The van der Waals surface area contributed by atoms with E-state index in [1.54, 1.807) is 0 Å². The first kappa shape index (κ1) is 11.7. The van der Waals surface area contributed by atoms with Gasteiger partial charge in [0, 0.05) is 6.54 Å². The lowest BCUT2D eigenvalue weighted by Crippen LogP contribution is -2.41. The summed E-state index contributed by atoms with van der Waals surface area (Å²) >= 11 is 0. The fraction of sp³-hybridized carbons (Fsp3) is 0.417. The summed E-state index contributed by atoms with van der Waals surface area (Å²) in [4.78, 5) is 11.4. The number of amides is 1. The van der Waals surface area contributed by atoms with Crippen molar-refractivity contribution in [3.63, 3.8) is 0 Å². The smallest absolute Gasteiger partial charge is 0.237 e. The van der Waals surface area contributed by atoms with Gasteiger partial charge in [0.25, 0.3) is 0 Å². The van der Waals surface area contributed by atoms with Gasteiger partial charge in [-0.2, -0.15) is 0 Å². The third-order valence-corrected chi connectivity index (χ3v) is 2.23. The molecule has 1 aromatic carbocycles. The molecule has 0 bridgehead atoms. The van der Waals surface area contributed by atoms with E-state index < -0.39 is 6.04 Å². The zero-order valence-electron chi connectivity index (χ0n) is 9.29. The van der Waals surface area contributed by atoms with Gasteiger partial charge in [-0.3, -0.25) is 4.79 Å². The molecule has 0 saturated carbocycles. The van der Waals surface area contributed by atoms with E-state index in [1.807, 2.05) is 32.0 Å². The van der Waals surface area contributed by atoms with Gasteiger partial charge < -0.3 is 11.1 Å². The molecule has 3 nitrogen and oxygen atoms in total. The average Bonchev–Trinajstić information content (AvgIpc) is 2.18. The Morgan fingerprint density at radius 3 is 2.87 bits per heavy atom. The fourth-order valence-corrected chi connectivity index (χ4v) is 1.49. The average molecular weight is 206 g/mol. The van der Waals surface area contributed by atoms with Crippen molar-refractivity contribution < 1.29 is 4.79 Å². The summed E-state index contributed by atoms with van der Waals surface area (Å²) < 4.78 is 0. The molecule has 0 aliphatic rings. The summed E-state index contributed by atoms with van der Waals surface area (Å²) in [5.41, 5.74) is 8.07. The predicted molar refractivity (Wildman–Crippen MR) is 61.5 cm³/mol. The number of aryl methyl sites for hydroxylation is 1. The Morgan fingerprint density at radius 1 is 1.53 bits per heavy atom. The third kappa shape index (κ3) is 3.72. The van der Waals surface area contributed by atoms with Crippen LogP contribution in [0.15, 0.2) is 24.3 Å². The van der Waals surface area contributed by atoms with Gasteiger partial charge in [0.05, 0.1) is 6.04 Å². The summed E-state index contributed by atoms with van der Waals surface area (Å²) in [7, 11) is 0. The van der Waals surface area contributed by atoms with E-state index in [2.05, 4.69) is 11.4 Å². The Balaban J connectivity index is 2.58. The Labute approximate surface area is 90.7 Å². The fourth-order valence-electron chi connectivity index (χ4n) is 1.49. The van der Waals surface area contributed by atoms with Gasteiger partial charge >= 0.3 is 0 Å². The van der Waals surface area contributed by atoms with Gasteiger partial charge in [0.15, 0.2) is 0 Å². The molecule has 1 aromatic rings. The standard InChI is InChI=1S/C12H18N2O/c1-3-14-12(15)11(13)8-10-6-4-5-9(2)7-10/h4-7,11H,3,8,13H2,1-2H3,(H,14,15). The minimum atomic E-state index is -0.452. The van der Waals surface area contributed by atoms with Crippen molar-refractivity contribution in [2.24, 2.45) is 5.73 Å². The normalized spacial score (nSPS) is 12.2. The Bertz CT molecular complexity index is 336. The van der Waals surface area contributed by atoms with Crippen molar-refractivity contribution in [1.82, 2.24) is 5.32 Å². The Hall–Kier alpha value is -1.35. The van der Waals surface area contributed by atoms with Crippen molar-refractivity contribution in [2.45, 2.75) is 26.3 Å². The maximum atomic E-state index is 11.4. The molecule has 1 unspecified atom stereocenters. The molecule has 82 valence electrons. The molecule has 3 N–H and O–H groups in total. The Morgan fingerprint density at radius 2 is 2.27 bits per heavy atom. The number of nitrogens with one attached hydrogen (secondary N) is 1. The van der Waals surface area contributed by atoms with Crippen LogP contribution in [0.5, 0.6) is 0 Å². The van der Waals surface area contributed by atoms with E-state index in [0.717, 1.165) is 5.56 Å². The largest absolute Gasteiger partial charge is 0.355 e. The van der Waals surface area contributed by atoms with Gasteiger partial charge in [-0.25, -0.2) is 0 Å². The highest BCUT2D eigenvalue weighted by Gasteiger charge is 2.12. The number of carbonyl (C=O) groups excluding carboxylic acids is 1. The van der Waals surface area contributed by atoms with E-state index in [4.69, 9.17) is 5.73 Å².